The normalized spacial score (nSPS) is 18.1. The van der Waals surface area contributed by atoms with Crippen molar-refractivity contribution >= 4 is 12.1 Å². The number of amides is 1. The third kappa shape index (κ3) is 3.53. The molecule has 1 amide bonds. The van der Waals surface area contributed by atoms with Crippen LogP contribution >= 0.6 is 0 Å². The highest BCUT2D eigenvalue weighted by molar-refractivity contribution is 5.80. The van der Waals surface area contributed by atoms with Gasteiger partial charge in [-0.25, -0.2) is 4.79 Å². The number of carbonyl (C=O) groups excluding carboxylic acids is 2. The van der Waals surface area contributed by atoms with Gasteiger partial charge < -0.3 is 14.4 Å². The van der Waals surface area contributed by atoms with Gasteiger partial charge in [0.25, 0.3) is 0 Å². The van der Waals surface area contributed by atoms with E-state index in [1.165, 1.54) is 4.90 Å². The van der Waals surface area contributed by atoms with Crippen LogP contribution in [0.4, 0.5) is 4.79 Å². The summed E-state index contributed by atoms with van der Waals surface area (Å²) in [7, 11) is 0. The first kappa shape index (κ1) is 15.3. The monoisotopic (exact) mass is 295 g/mol. The Bertz CT molecular complexity index is 533. The standard InChI is InChI=1S/C14H21N3O4/c1-5-20-12(18)10-8-17(13(19)21-14(2,3)4)7-9-6-15-16-11(9)10/h6,10H,5,7-8H2,1-4H3,(H,15,16)/t10-/m0/s1. The van der Waals surface area contributed by atoms with Gasteiger partial charge in [-0.15, -0.1) is 0 Å². The average Bonchev–Trinajstić information content (AvgIpc) is 2.83. The van der Waals surface area contributed by atoms with Gasteiger partial charge in [0, 0.05) is 12.1 Å². The minimum atomic E-state index is -0.576. The number of ether oxygens (including phenoxy) is 2. The van der Waals surface area contributed by atoms with Crippen molar-refractivity contribution < 1.29 is 19.1 Å². The minimum Gasteiger partial charge on any atom is -0.465 e. The zero-order chi connectivity index (χ0) is 15.6. The number of aromatic nitrogens is 2. The maximum atomic E-state index is 12.2. The van der Waals surface area contributed by atoms with Crippen LogP contribution in [-0.4, -0.2) is 45.9 Å². The number of nitrogens with one attached hydrogen (secondary N) is 1. The summed E-state index contributed by atoms with van der Waals surface area (Å²) in [5.74, 6) is -0.917. The lowest BCUT2D eigenvalue weighted by Crippen LogP contribution is -2.43. The fraction of sp³-hybridized carbons (Fsp3) is 0.643. The van der Waals surface area contributed by atoms with Gasteiger partial charge >= 0.3 is 12.1 Å². The van der Waals surface area contributed by atoms with E-state index in [-0.39, 0.29) is 12.5 Å². The van der Waals surface area contributed by atoms with Crippen LogP contribution in [0.3, 0.4) is 0 Å². The molecular formula is C14H21N3O4. The van der Waals surface area contributed by atoms with Crippen LogP contribution in [-0.2, 0) is 20.8 Å². The molecule has 7 nitrogen and oxygen atoms in total. The maximum absolute atomic E-state index is 12.2. The van der Waals surface area contributed by atoms with E-state index in [4.69, 9.17) is 9.47 Å². The number of hydrogen-bond donors (Lipinski definition) is 1. The van der Waals surface area contributed by atoms with Gasteiger partial charge in [0.15, 0.2) is 0 Å². The largest absolute Gasteiger partial charge is 0.465 e. The molecule has 21 heavy (non-hydrogen) atoms. The molecular weight excluding hydrogens is 274 g/mol. The molecule has 1 aromatic rings. The van der Waals surface area contributed by atoms with Crippen molar-refractivity contribution in [1.29, 1.82) is 0 Å². The second-order valence-corrected chi connectivity index (χ2v) is 5.97. The highest BCUT2D eigenvalue weighted by Crippen LogP contribution is 2.28. The van der Waals surface area contributed by atoms with E-state index in [0.717, 1.165) is 5.56 Å². The smallest absolute Gasteiger partial charge is 0.410 e. The van der Waals surface area contributed by atoms with Crippen LogP contribution in [0.25, 0.3) is 0 Å². The molecule has 2 rings (SSSR count). The first-order valence-corrected chi connectivity index (χ1v) is 6.98. The summed E-state index contributed by atoms with van der Waals surface area (Å²) in [6.45, 7) is 8.06. The first-order valence-electron chi connectivity index (χ1n) is 6.98. The van der Waals surface area contributed by atoms with Crippen LogP contribution in [0.2, 0.25) is 0 Å². The second kappa shape index (κ2) is 5.75. The van der Waals surface area contributed by atoms with Gasteiger partial charge in [-0.3, -0.25) is 9.89 Å². The molecule has 1 aromatic heterocycles. The molecule has 0 aromatic carbocycles. The Kier molecular flexibility index (Phi) is 4.20. The molecule has 0 aliphatic carbocycles. The number of fused-ring (bicyclic) bond motifs is 1. The predicted molar refractivity (Wildman–Crippen MR) is 74.6 cm³/mol. The Hall–Kier alpha value is -2.05. The summed E-state index contributed by atoms with van der Waals surface area (Å²) in [6, 6.07) is 0. The van der Waals surface area contributed by atoms with Crippen LogP contribution < -0.4 is 0 Å². The highest BCUT2D eigenvalue weighted by Gasteiger charge is 2.36. The van der Waals surface area contributed by atoms with Gasteiger partial charge in [-0.05, 0) is 27.7 Å². The van der Waals surface area contributed by atoms with Crippen LogP contribution in [0.5, 0.6) is 0 Å². The summed E-state index contributed by atoms with van der Waals surface area (Å²) < 4.78 is 10.4. The second-order valence-electron chi connectivity index (χ2n) is 5.97. The molecule has 1 aliphatic heterocycles. The third-order valence-corrected chi connectivity index (χ3v) is 3.09. The average molecular weight is 295 g/mol. The van der Waals surface area contributed by atoms with E-state index in [9.17, 15) is 9.59 Å². The van der Waals surface area contributed by atoms with E-state index >= 15 is 0 Å². The van der Waals surface area contributed by atoms with Crippen LogP contribution in [0, 0.1) is 0 Å². The van der Waals surface area contributed by atoms with Crippen molar-refractivity contribution in [1.82, 2.24) is 15.1 Å². The minimum absolute atomic E-state index is 0.225. The summed E-state index contributed by atoms with van der Waals surface area (Å²) in [5.41, 5.74) is 0.950. The molecule has 0 fully saturated rings. The number of carbonyl (C=O) groups is 2. The van der Waals surface area contributed by atoms with Crippen molar-refractivity contribution in [2.24, 2.45) is 0 Å². The van der Waals surface area contributed by atoms with E-state index < -0.39 is 17.6 Å². The van der Waals surface area contributed by atoms with Gasteiger partial charge in [-0.1, -0.05) is 0 Å². The zero-order valence-corrected chi connectivity index (χ0v) is 12.8. The van der Waals surface area contributed by atoms with Gasteiger partial charge in [0.2, 0.25) is 0 Å². The van der Waals surface area contributed by atoms with Gasteiger partial charge in [-0.2, -0.15) is 5.10 Å². The maximum Gasteiger partial charge on any atom is 0.410 e. The molecule has 0 unspecified atom stereocenters. The number of esters is 1. The van der Waals surface area contributed by atoms with Crippen molar-refractivity contribution in [3.05, 3.63) is 17.5 Å². The fourth-order valence-corrected chi connectivity index (χ4v) is 2.23. The molecule has 0 spiro atoms. The van der Waals surface area contributed by atoms with E-state index in [1.54, 1.807) is 33.9 Å². The Morgan fingerprint density at radius 1 is 1.48 bits per heavy atom. The predicted octanol–water partition coefficient (Wildman–Crippen LogP) is 1.81. The highest BCUT2D eigenvalue weighted by atomic mass is 16.6. The Labute approximate surface area is 123 Å². The lowest BCUT2D eigenvalue weighted by molar-refractivity contribution is -0.145. The quantitative estimate of drug-likeness (QED) is 0.841. The molecule has 0 saturated carbocycles. The fourth-order valence-electron chi connectivity index (χ4n) is 2.23. The summed E-state index contributed by atoms with van der Waals surface area (Å²) in [4.78, 5) is 25.8. The van der Waals surface area contributed by atoms with Crippen LogP contribution in [0.1, 0.15) is 44.9 Å². The Balaban J connectivity index is 2.18. The molecule has 1 atom stereocenters. The molecule has 0 bridgehead atoms. The molecule has 0 saturated heterocycles. The molecule has 7 heteroatoms. The number of H-pyrrole nitrogens is 1. The van der Waals surface area contributed by atoms with Gasteiger partial charge in [0.05, 0.1) is 25.0 Å². The number of nitrogens with zero attached hydrogens (tertiary/aromatic N) is 2. The van der Waals surface area contributed by atoms with Crippen LogP contribution in [0.15, 0.2) is 6.20 Å². The number of hydrogen-bond acceptors (Lipinski definition) is 5. The summed E-state index contributed by atoms with van der Waals surface area (Å²) in [5, 5.41) is 6.78. The van der Waals surface area contributed by atoms with Crippen molar-refractivity contribution in [3.8, 4) is 0 Å². The summed E-state index contributed by atoms with van der Waals surface area (Å²) >= 11 is 0. The third-order valence-electron chi connectivity index (χ3n) is 3.09. The van der Waals surface area contributed by atoms with Crippen molar-refractivity contribution in [3.63, 3.8) is 0 Å². The molecule has 1 N–H and O–H groups in total. The Morgan fingerprint density at radius 2 is 2.19 bits per heavy atom. The summed E-state index contributed by atoms with van der Waals surface area (Å²) in [6.07, 6.45) is 1.18. The van der Waals surface area contributed by atoms with E-state index in [0.29, 0.717) is 18.8 Å². The van der Waals surface area contributed by atoms with Crippen molar-refractivity contribution in [2.45, 2.75) is 45.8 Å². The topological polar surface area (TPSA) is 84.5 Å². The van der Waals surface area contributed by atoms with Crippen molar-refractivity contribution in [2.75, 3.05) is 13.2 Å². The number of aromatic amines is 1. The SMILES string of the molecule is CCOC(=O)[C@H]1CN(C(=O)OC(C)(C)C)Cc2cn[nH]c21. The molecule has 116 valence electrons. The number of rotatable bonds is 2. The van der Waals surface area contributed by atoms with Gasteiger partial charge in [0.1, 0.15) is 11.5 Å². The lowest BCUT2D eigenvalue weighted by atomic mass is 9.97. The molecule has 1 aliphatic rings. The molecule has 2 heterocycles. The zero-order valence-electron chi connectivity index (χ0n) is 12.8. The Morgan fingerprint density at radius 3 is 2.81 bits per heavy atom. The molecule has 0 radical (unpaired) electrons. The van der Waals surface area contributed by atoms with E-state index in [2.05, 4.69) is 10.2 Å². The van der Waals surface area contributed by atoms with E-state index in [1.807, 2.05) is 0 Å². The first-order chi connectivity index (χ1) is 9.81. The lowest BCUT2D eigenvalue weighted by Gasteiger charge is -2.32.